The molecule has 1 aliphatic heterocycles. The SMILES string of the molecule is O=C(NCCCc1ccc(O)cc1)c1cccc(S(=O)(=O)N2CCCCCC2)c1. The van der Waals surface area contributed by atoms with E-state index in [-0.39, 0.29) is 16.6 Å². The number of amides is 1. The molecule has 29 heavy (non-hydrogen) atoms. The summed E-state index contributed by atoms with van der Waals surface area (Å²) in [5.41, 5.74) is 1.44. The summed E-state index contributed by atoms with van der Waals surface area (Å²) >= 11 is 0. The summed E-state index contributed by atoms with van der Waals surface area (Å²) in [6, 6.07) is 13.3. The molecule has 7 heteroatoms. The smallest absolute Gasteiger partial charge is 0.251 e. The first kappa shape index (κ1) is 21.3. The summed E-state index contributed by atoms with van der Waals surface area (Å²) in [5.74, 6) is -0.0410. The van der Waals surface area contributed by atoms with Crippen LogP contribution >= 0.6 is 0 Å². The van der Waals surface area contributed by atoms with E-state index in [0.717, 1.165) is 44.1 Å². The zero-order valence-electron chi connectivity index (χ0n) is 16.5. The molecule has 0 atom stereocenters. The molecular formula is C22H28N2O4S. The van der Waals surface area contributed by atoms with Crippen LogP contribution in [0, 0.1) is 0 Å². The molecule has 156 valence electrons. The Bertz CT molecular complexity index is 918. The Balaban J connectivity index is 1.57. The van der Waals surface area contributed by atoms with Crippen LogP contribution in [-0.4, -0.2) is 43.4 Å². The molecule has 1 aliphatic rings. The lowest BCUT2D eigenvalue weighted by Gasteiger charge is -2.20. The van der Waals surface area contributed by atoms with Crippen LogP contribution in [0.25, 0.3) is 0 Å². The Morgan fingerprint density at radius 2 is 1.69 bits per heavy atom. The van der Waals surface area contributed by atoms with Gasteiger partial charge >= 0.3 is 0 Å². The Hall–Kier alpha value is -2.38. The third-order valence-corrected chi connectivity index (χ3v) is 7.06. The van der Waals surface area contributed by atoms with E-state index in [0.29, 0.717) is 25.2 Å². The molecule has 0 bridgehead atoms. The molecular weight excluding hydrogens is 388 g/mol. The first-order valence-electron chi connectivity index (χ1n) is 10.1. The molecule has 0 radical (unpaired) electrons. The summed E-state index contributed by atoms with van der Waals surface area (Å²) in [4.78, 5) is 12.6. The van der Waals surface area contributed by atoms with Crippen molar-refractivity contribution >= 4 is 15.9 Å². The number of carbonyl (C=O) groups is 1. The molecule has 0 aliphatic carbocycles. The summed E-state index contributed by atoms with van der Waals surface area (Å²) in [6.07, 6.45) is 5.39. The molecule has 0 unspecified atom stereocenters. The molecule has 1 heterocycles. The highest BCUT2D eigenvalue weighted by molar-refractivity contribution is 7.89. The van der Waals surface area contributed by atoms with E-state index in [9.17, 15) is 18.3 Å². The molecule has 1 amide bonds. The standard InChI is InChI=1S/C22H28N2O4S/c25-20-12-10-18(11-13-20)7-6-14-23-22(26)19-8-5-9-21(17-19)29(27,28)24-15-3-1-2-4-16-24/h5,8-13,17,25H,1-4,6-7,14-16H2,(H,23,26). The van der Waals surface area contributed by atoms with E-state index in [1.165, 1.54) is 10.4 Å². The average molecular weight is 417 g/mol. The average Bonchev–Trinajstić information content (AvgIpc) is 3.02. The van der Waals surface area contributed by atoms with Crippen molar-refractivity contribution in [2.24, 2.45) is 0 Å². The fourth-order valence-corrected chi connectivity index (χ4v) is 5.05. The van der Waals surface area contributed by atoms with Crippen molar-refractivity contribution in [3.63, 3.8) is 0 Å². The Morgan fingerprint density at radius 3 is 2.38 bits per heavy atom. The predicted octanol–water partition coefficient (Wildman–Crippen LogP) is 3.32. The van der Waals surface area contributed by atoms with Gasteiger partial charge < -0.3 is 10.4 Å². The van der Waals surface area contributed by atoms with Crippen molar-refractivity contribution < 1.29 is 18.3 Å². The number of hydrogen-bond acceptors (Lipinski definition) is 4. The number of nitrogens with one attached hydrogen (secondary N) is 1. The molecule has 0 saturated carbocycles. The third kappa shape index (κ3) is 5.81. The zero-order chi connectivity index (χ0) is 20.7. The number of sulfonamides is 1. The first-order valence-corrected chi connectivity index (χ1v) is 11.6. The van der Waals surface area contributed by atoms with Gasteiger partial charge in [-0.2, -0.15) is 4.31 Å². The van der Waals surface area contributed by atoms with Crippen LogP contribution in [0.15, 0.2) is 53.4 Å². The van der Waals surface area contributed by atoms with Gasteiger partial charge in [0.25, 0.3) is 5.91 Å². The molecule has 2 N–H and O–H groups in total. The maximum Gasteiger partial charge on any atom is 0.251 e. The van der Waals surface area contributed by atoms with E-state index >= 15 is 0 Å². The fraction of sp³-hybridized carbons (Fsp3) is 0.409. The summed E-state index contributed by atoms with van der Waals surface area (Å²) in [6.45, 7) is 1.56. The summed E-state index contributed by atoms with van der Waals surface area (Å²) < 4.78 is 27.4. The number of nitrogens with zero attached hydrogens (tertiary/aromatic N) is 1. The summed E-state index contributed by atoms with van der Waals surface area (Å²) in [5, 5.41) is 12.2. The molecule has 2 aromatic carbocycles. The lowest BCUT2D eigenvalue weighted by atomic mass is 10.1. The minimum atomic E-state index is -3.57. The molecule has 0 spiro atoms. The Morgan fingerprint density at radius 1 is 1.00 bits per heavy atom. The van der Waals surface area contributed by atoms with Crippen molar-refractivity contribution in [1.82, 2.24) is 9.62 Å². The number of hydrogen-bond donors (Lipinski definition) is 2. The van der Waals surface area contributed by atoms with Crippen molar-refractivity contribution in [3.8, 4) is 5.75 Å². The second-order valence-electron chi connectivity index (χ2n) is 7.37. The van der Waals surface area contributed by atoms with Crippen LogP contribution in [0.4, 0.5) is 0 Å². The number of carbonyl (C=O) groups excluding carboxylic acids is 1. The Labute approximate surface area is 172 Å². The molecule has 2 aromatic rings. The van der Waals surface area contributed by atoms with Gasteiger partial charge in [-0.05, 0) is 61.6 Å². The second-order valence-corrected chi connectivity index (χ2v) is 9.31. The minimum absolute atomic E-state index is 0.177. The van der Waals surface area contributed by atoms with Crippen molar-refractivity contribution in [1.29, 1.82) is 0 Å². The fourth-order valence-electron chi connectivity index (χ4n) is 3.49. The van der Waals surface area contributed by atoms with Gasteiger partial charge in [0.2, 0.25) is 10.0 Å². The highest BCUT2D eigenvalue weighted by atomic mass is 32.2. The Kier molecular flexibility index (Phi) is 7.28. The number of rotatable bonds is 7. The third-order valence-electron chi connectivity index (χ3n) is 5.16. The van der Waals surface area contributed by atoms with Crippen molar-refractivity contribution in [2.75, 3.05) is 19.6 Å². The van der Waals surface area contributed by atoms with Crippen LogP contribution in [0.2, 0.25) is 0 Å². The van der Waals surface area contributed by atoms with Gasteiger partial charge in [0.1, 0.15) is 5.75 Å². The highest BCUT2D eigenvalue weighted by Crippen LogP contribution is 2.21. The molecule has 0 aromatic heterocycles. The van der Waals surface area contributed by atoms with Crippen LogP contribution in [0.3, 0.4) is 0 Å². The van der Waals surface area contributed by atoms with Gasteiger partial charge in [0.05, 0.1) is 4.90 Å². The topological polar surface area (TPSA) is 86.7 Å². The summed E-state index contributed by atoms with van der Waals surface area (Å²) in [7, 11) is -3.57. The van der Waals surface area contributed by atoms with E-state index in [1.54, 1.807) is 30.3 Å². The lowest BCUT2D eigenvalue weighted by molar-refractivity contribution is 0.0953. The van der Waals surface area contributed by atoms with Gasteiger partial charge in [0, 0.05) is 25.2 Å². The van der Waals surface area contributed by atoms with E-state index in [1.807, 2.05) is 12.1 Å². The monoisotopic (exact) mass is 416 g/mol. The van der Waals surface area contributed by atoms with Gasteiger partial charge in [-0.3, -0.25) is 4.79 Å². The van der Waals surface area contributed by atoms with E-state index in [2.05, 4.69) is 5.32 Å². The number of phenolic OH excluding ortho intramolecular Hbond substituents is 1. The zero-order valence-corrected chi connectivity index (χ0v) is 17.3. The van der Waals surface area contributed by atoms with Crippen molar-refractivity contribution in [3.05, 3.63) is 59.7 Å². The van der Waals surface area contributed by atoms with Gasteiger partial charge in [-0.25, -0.2) is 8.42 Å². The highest BCUT2D eigenvalue weighted by Gasteiger charge is 2.25. The van der Waals surface area contributed by atoms with Crippen LogP contribution < -0.4 is 5.32 Å². The quantitative estimate of drug-likeness (QED) is 0.678. The van der Waals surface area contributed by atoms with Gasteiger partial charge in [-0.1, -0.05) is 31.0 Å². The molecule has 3 rings (SSSR count). The second kappa shape index (κ2) is 9.89. The largest absolute Gasteiger partial charge is 0.508 e. The maximum atomic E-state index is 12.9. The van der Waals surface area contributed by atoms with Gasteiger partial charge in [-0.15, -0.1) is 0 Å². The number of phenols is 1. The lowest BCUT2D eigenvalue weighted by Crippen LogP contribution is -2.32. The maximum absolute atomic E-state index is 12.9. The van der Waals surface area contributed by atoms with Crippen LogP contribution in [0.5, 0.6) is 5.75 Å². The van der Waals surface area contributed by atoms with Gasteiger partial charge in [0.15, 0.2) is 0 Å². The van der Waals surface area contributed by atoms with Crippen LogP contribution in [-0.2, 0) is 16.4 Å². The number of benzene rings is 2. The van der Waals surface area contributed by atoms with E-state index in [4.69, 9.17) is 0 Å². The minimum Gasteiger partial charge on any atom is -0.508 e. The number of aryl methyl sites for hydroxylation is 1. The molecule has 1 fully saturated rings. The van der Waals surface area contributed by atoms with Crippen LogP contribution in [0.1, 0.15) is 48.0 Å². The molecule has 1 saturated heterocycles. The number of aromatic hydroxyl groups is 1. The van der Waals surface area contributed by atoms with Crippen molar-refractivity contribution in [2.45, 2.75) is 43.4 Å². The molecule has 6 nitrogen and oxygen atoms in total. The van der Waals surface area contributed by atoms with E-state index < -0.39 is 10.0 Å². The first-order chi connectivity index (χ1) is 14.0. The normalized spacial score (nSPS) is 15.6. The predicted molar refractivity (Wildman–Crippen MR) is 112 cm³/mol.